The number of piperazine rings is 1. The van der Waals surface area contributed by atoms with Gasteiger partial charge in [0.15, 0.2) is 0 Å². The predicted octanol–water partition coefficient (Wildman–Crippen LogP) is 1.75. The van der Waals surface area contributed by atoms with Crippen molar-refractivity contribution in [2.75, 3.05) is 39.3 Å². The van der Waals surface area contributed by atoms with E-state index in [1.807, 2.05) is 28.5 Å². The molecular formula is C19H34N4O2. The van der Waals surface area contributed by atoms with Crippen molar-refractivity contribution in [3.05, 3.63) is 0 Å². The summed E-state index contributed by atoms with van der Waals surface area (Å²) in [7, 11) is 0. The Morgan fingerprint density at radius 1 is 0.960 bits per heavy atom. The van der Waals surface area contributed by atoms with Crippen LogP contribution in [0.3, 0.4) is 0 Å². The molecule has 2 unspecified atom stereocenters. The van der Waals surface area contributed by atoms with E-state index in [9.17, 15) is 9.59 Å². The predicted molar refractivity (Wildman–Crippen MR) is 98.0 cm³/mol. The molecule has 3 rings (SSSR count). The van der Waals surface area contributed by atoms with E-state index in [4.69, 9.17) is 5.73 Å². The van der Waals surface area contributed by atoms with Crippen LogP contribution in [0.5, 0.6) is 0 Å². The standard InChI is InChI=1S/C19H34N4O2/c1-3-21(4-2)19(25)23-10-8-22(9-11-23)18(24)16-12-14-6-5-7-15(13-16)17(14)20/h14-17H,3-13,20H2,1-2H3. The third kappa shape index (κ3) is 3.78. The maximum atomic E-state index is 13.0. The van der Waals surface area contributed by atoms with E-state index in [2.05, 4.69) is 0 Å². The molecule has 25 heavy (non-hydrogen) atoms. The minimum absolute atomic E-state index is 0.107. The monoisotopic (exact) mass is 350 g/mol. The van der Waals surface area contributed by atoms with E-state index in [0.29, 0.717) is 50.0 Å². The number of hydrogen-bond donors (Lipinski definition) is 1. The Kier molecular flexibility index (Phi) is 5.87. The fourth-order valence-electron chi connectivity index (χ4n) is 5.06. The zero-order valence-corrected chi connectivity index (χ0v) is 15.8. The van der Waals surface area contributed by atoms with E-state index in [-0.39, 0.29) is 11.9 Å². The molecule has 1 heterocycles. The van der Waals surface area contributed by atoms with Crippen molar-refractivity contribution in [3.8, 4) is 0 Å². The first kappa shape index (κ1) is 18.5. The Balaban J connectivity index is 1.53. The molecule has 142 valence electrons. The first-order chi connectivity index (χ1) is 12.0. The molecule has 0 aromatic heterocycles. The Morgan fingerprint density at radius 3 is 2.00 bits per heavy atom. The van der Waals surface area contributed by atoms with Gasteiger partial charge < -0.3 is 20.4 Å². The van der Waals surface area contributed by atoms with Crippen molar-refractivity contribution in [3.63, 3.8) is 0 Å². The highest BCUT2D eigenvalue weighted by Crippen LogP contribution is 2.42. The molecule has 2 saturated carbocycles. The van der Waals surface area contributed by atoms with Crippen LogP contribution in [0.2, 0.25) is 0 Å². The summed E-state index contributed by atoms with van der Waals surface area (Å²) in [5.74, 6) is 1.53. The summed E-state index contributed by atoms with van der Waals surface area (Å²) in [6.07, 6.45) is 5.58. The van der Waals surface area contributed by atoms with Crippen LogP contribution >= 0.6 is 0 Å². The normalized spacial score (nSPS) is 32.4. The number of urea groups is 1. The fraction of sp³-hybridized carbons (Fsp3) is 0.895. The van der Waals surface area contributed by atoms with E-state index < -0.39 is 0 Å². The first-order valence-corrected chi connectivity index (χ1v) is 10.1. The smallest absolute Gasteiger partial charge is 0.320 e. The highest BCUT2D eigenvalue weighted by atomic mass is 16.2. The molecule has 3 aliphatic rings. The highest BCUT2D eigenvalue weighted by Gasteiger charge is 2.42. The molecule has 6 heteroatoms. The van der Waals surface area contributed by atoms with Gasteiger partial charge in [-0.3, -0.25) is 4.79 Å². The second-order valence-corrected chi connectivity index (χ2v) is 7.96. The average molecular weight is 351 g/mol. The van der Waals surface area contributed by atoms with Gasteiger partial charge in [-0.25, -0.2) is 4.79 Å². The minimum Gasteiger partial charge on any atom is -0.339 e. The molecule has 1 aliphatic heterocycles. The lowest BCUT2D eigenvalue weighted by atomic mass is 9.65. The molecule has 3 fully saturated rings. The third-order valence-corrected chi connectivity index (χ3v) is 6.66. The summed E-state index contributed by atoms with van der Waals surface area (Å²) in [6, 6.07) is 0.414. The lowest BCUT2D eigenvalue weighted by Crippen LogP contribution is -2.56. The van der Waals surface area contributed by atoms with E-state index in [1.165, 1.54) is 19.3 Å². The minimum atomic E-state index is 0.107. The molecular weight excluding hydrogens is 316 g/mol. The van der Waals surface area contributed by atoms with E-state index >= 15 is 0 Å². The van der Waals surface area contributed by atoms with Crippen LogP contribution in [-0.2, 0) is 4.79 Å². The topological polar surface area (TPSA) is 69.9 Å². The largest absolute Gasteiger partial charge is 0.339 e. The maximum Gasteiger partial charge on any atom is 0.320 e. The lowest BCUT2D eigenvalue weighted by molar-refractivity contribution is -0.140. The number of carbonyl (C=O) groups is 2. The first-order valence-electron chi connectivity index (χ1n) is 10.1. The van der Waals surface area contributed by atoms with Gasteiger partial charge in [-0.1, -0.05) is 6.42 Å². The van der Waals surface area contributed by atoms with Crippen LogP contribution < -0.4 is 5.73 Å². The maximum absolute atomic E-state index is 13.0. The summed E-state index contributed by atoms with van der Waals surface area (Å²) in [6.45, 7) is 8.13. The second-order valence-electron chi connectivity index (χ2n) is 7.96. The Labute approximate surface area is 151 Å². The summed E-state index contributed by atoms with van der Waals surface area (Å²) < 4.78 is 0. The summed E-state index contributed by atoms with van der Waals surface area (Å²) >= 11 is 0. The Morgan fingerprint density at radius 2 is 1.48 bits per heavy atom. The van der Waals surface area contributed by atoms with Gasteiger partial charge in [0.25, 0.3) is 0 Å². The van der Waals surface area contributed by atoms with Crippen LogP contribution in [0.25, 0.3) is 0 Å². The van der Waals surface area contributed by atoms with Crippen LogP contribution in [0.15, 0.2) is 0 Å². The zero-order chi connectivity index (χ0) is 18.0. The molecule has 2 N–H and O–H groups in total. The second kappa shape index (κ2) is 7.94. The van der Waals surface area contributed by atoms with Crippen LogP contribution in [0.1, 0.15) is 46.0 Å². The van der Waals surface area contributed by atoms with Gasteiger partial charge in [0.05, 0.1) is 0 Å². The van der Waals surface area contributed by atoms with Gasteiger partial charge in [0.2, 0.25) is 5.91 Å². The molecule has 0 aromatic carbocycles. The molecule has 6 nitrogen and oxygen atoms in total. The third-order valence-electron chi connectivity index (χ3n) is 6.66. The van der Waals surface area contributed by atoms with Crippen molar-refractivity contribution < 1.29 is 9.59 Å². The van der Waals surface area contributed by atoms with Gasteiger partial charge in [0.1, 0.15) is 0 Å². The quantitative estimate of drug-likeness (QED) is 0.843. The average Bonchev–Trinajstić information content (AvgIpc) is 2.62. The number of amides is 3. The number of carbonyl (C=O) groups excluding carboxylic acids is 2. The van der Waals surface area contributed by atoms with Crippen LogP contribution in [-0.4, -0.2) is 71.9 Å². The van der Waals surface area contributed by atoms with Crippen molar-refractivity contribution in [1.82, 2.24) is 14.7 Å². The molecule has 0 aromatic rings. The van der Waals surface area contributed by atoms with Gasteiger partial charge >= 0.3 is 6.03 Å². The SMILES string of the molecule is CCN(CC)C(=O)N1CCN(C(=O)C2CC3CCCC(C2)C3N)CC1. The summed E-state index contributed by atoms with van der Waals surface area (Å²) in [5.41, 5.74) is 6.36. The molecule has 2 bridgehead atoms. The van der Waals surface area contributed by atoms with Gasteiger partial charge in [0, 0.05) is 51.2 Å². The summed E-state index contributed by atoms with van der Waals surface area (Å²) in [5, 5.41) is 0. The lowest BCUT2D eigenvalue weighted by Gasteiger charge is -2.45. The van der Waals surface area contributed by atoms with E-state index in [0.717, 1.165) is 25.9 Å². The van der Waals surface area contributed by atoms with Crippen molar-refractivity contribution in [1.29, 1.82) is 0 Å². The molecule has 0 radical (unpaired) electrons. The molecule has 2 aliphatic carbocycles. The molecule has 0 spiro atoms. The van der Waals surface area contributed by atoms with Crippen LogP contribution in [0, 0.1) is 17.8 Å². The number of rotatable bonds is 3. The van der Waals surface area contributed by atoms with Crippen molar-refractivity contribution >= 4 is 11.9 Å². The highest BCUT2D eigenvalue weighted by molar-refractivity contribution is 5.80. The van der Waals surface area contributed by atoms with Crippen molar-refractivity contribution in [2.24, 2.45) is 23.5 Å². The molecule has 3 amide bonds. The zero-order valence-electron chi connectivity index (χ0n) is 15.8. The fourth-order valence-corrected chi connectivity index (χ4v) is 5.06. The molecule has 2 atom stereocenters. The number of nitrogens with two attached hydrogens (primary N) is 1. The van der Waals surface area contributed by atoms with Gasteiger partial charge in [-0.15, -0.1) is 0 Å². The number of hydrogen-bond acceptors (Lipinski definition) is 3. The molecule has 1 saturated heterocycles. The van der Waals surface area contributed by atoms with Gasteiger partial charge in [-0.05, 0) is 51.4 Å². The number of fused-ring (bicyclic) bond motifs is 2. The van der Waals surface area contributed by atoms with Gasteiger partial charge in [-0.2, -0.15) is 0 Å². The Hall–Kier alpha value is -1.30. The summed E-state index contributed by atoms with van der Waals surface area (Å²) in [4.78, 5) is 31.2. The Bertz CT molecular complexity index is 472. The number of nitrogens with zero attached hydrogens (tertiary/aromatic N) is 3. The van der Waals surface area contributed by atoms with Crippen molar-refractivity contribution in [2.45, 2.75) is 52.0 Å². The van der Waals surface area contributed by atoms with E-state index in [1.54, 1.807) is 0 Å². The van der Waals surface area contributed by atoms with Crippen LogP contribution in [0.4, 0.5) is 4.79 Å².